The van der Waals surface area contributed by atoms with Crippen LogP contribution in [0.25, 0.3) is 0 Å². The Balaban J connectivity index is 0.000000828. The normalized spacial score (nSPS) is 13.6. The number of aldehydes is 1. The maximum atomic E-state index is 12.5. The number of aliphatic hydroxyl groups is 1. The minimum Gasteiger partial charge on any atom is -0.504 e. The molecule has 0 spiro atoms. The number of likely N-dealkylation sites (N-methyl/N-ethyl adjacent to an activating group) is 1. The first-order valence-electron chi connectivity index (χ1n) is 18.5. The van der Waals surface area contributed by atoms with Crippen molar-refractivity contribution in [2.24, 2.45) is 15.8 Å². The third-order valence-corrected chi connectivity index (χ3v) is 8.71. The lowest BCUT2D eigenvalue weighted by molar-refractivity contribution is -0.137. The van der Waals surface area contributed by atoms with Gasteiger partial charge in [-0.25, -0.2) is 0 Å². The van der Waals surface area contributed by atoms with Crippen molar-refractivity contribution >= 4 is 49.4 Å². The number of allylic oxidation sites excluding steroid dienone is 3. The van der Waals surface area contributed by atoms with E-state index in [4.69, 9.17) is 26.5 Å². The maximum absolute atomic E-state index is 12.5. The van der Waals surface area contributed by atoms with E-state index in [1.54, 1.807) is 19.0 Å². The maximum Gasteiger partial charge on any atom is 0.416 e. The van der Waals surface area contributed by atoms with Crippen molar-refractivity contribution in [2.75, 3.05) is 53.9 Å². The van der Waals surface area contributed by atoms with Crippen LogP contribution in [0.15, 0.2) is 69.3 Å². The van der Waals surface area contributed by atoms with Crippen LogP contribution in [0, 0.1) is 5.41 Å². The molecule has 0 aliphatic carbocycles. The van der Waals surface area contributed by atoms with E-state index in [2.05, 4.69) is 58.1 Å². The first-order chi connectivity index (χ1) is 27.6. The number of alkyl halides is 3. The molecule has 0 aromatic heterocycles. The summed E-state index contributed by atoms with van der Waals surface area (Å²) < 4.78 is 42.6. The molecular formula is C40H59ClF3N9O5. The van der Waals surface area contributed by atoms with Crippen LogP contribution in [0.5, 0.6) is 5.75 Å². The van der Waals surface area contributed by atoms with Crippen LogP contribution >= 0.6 is 11.6 Å². The van der Waals surface area contributed by atoms with Crippen molar-refractivity contribution in [2.45, 2.75) is 66.2 Å². The van der Waals surface area contributed by atoms with Gasteiger partial charge in [-0.3, -0.25) is 24.4 Å². The molecule has 0 unspecified atom stereocenters. The van der Waals surface area contributed by atoms with Gasteiger partial charge in [0.05, 0.1) is 36.7 Å². The number of amides is 2. The Morgan fingerprint density at radius 1 is 1.09 bits per heavy atom. The Labute approximate surface area is 345 Å². The number of hydrazone groups is 1. The Kier molecular flexibility index (Phi) is 25.2. The number of piperazine rings is 1. The van der Waals surface area contributed by atoms with Crippen LogP contribution in [0.2, 0.25) is 5.02 Å². The molecule has 2 heterocycles. The summed E-state index contributed by atoms with van der Waals surface area (Å²) in [6.45, 7) is 17.9. The highest BCUT2D eigenvalue weighted by Crippen LogP contribution is 2.32. The molecule has 1 saturated heterocycles. The molecule has 2 amide bonds. The number of nitrogens with two attached hydrogens (primary N) is 1. The third-order valence-electron chi connectivity index (χ3n) is 8.36. The van der Waals surface area contributed by atoms with E-state index in [9.17, 15) is 27.9 Å². The van der Waals surface area contributed by atoms with Crippen molar-refractivity contribution < 1.29 is 37.4 Å². The van der Waals surface area contributed by atoms with Gasteiger partial charge >= 0.3 is 6.18 Å². The Morgan fingerprint density at radius 2 is 1.69 bits per heavy atom. The smallest absolute Gasteiger partial charge is 0.416 e. The minimum atomic E-state index is -4.37. The second-order valence-electron chi connectivity index (χ2n) is 12.1. The van der Waals surface area contributed by atoms with Crippen LogP contribution in [0.4, 0.5) is 13.2 Å². The van der Waals surface area contributed by atoms with E-state index in [0.29, 0.717) is 50.5 Å². The van der Waals surface area contributed by atoms with Gasteiger partial charge in [0.1, 0.15) is 11.4 Å². The van der Waals surface area contributed by atoms with Crippen LogP contribution in [0.3, 0.4) is 0 Å². The first kappa shape index (κ1) is 52.4. The summed E-state index contributed by atoms with van der Waals surface area (Å²) >= 11 is 5.75. The fourth-order valence-electron chi connectivity index (χ4n) is 5.50. The zero-order valence-corrected chi connectivity index (χ0v) is 35.3. The molecule has 58 heavy (non-hydrogen) atoms. The quantitative estimate of drug-likeness (QED) is 0.0566. The molecule has 1 fully saturated rings. The molecular weight excluding hydrogens is 779 g/mol. The van der Waals surface area contributed by atoms with E-state index in [1.807, 2.05) is 25.7 Å². The summed E-state index contributed by atoms with van der Waals surface area (Å²) in [5.74, 6) is 0.352. The number of primary amides is 1. The highest BCUT2D eigenvalue weighted by atomic mass is 35.5. The average molecular weight is 838 g/mol. The van der Waals surface area contributed by atoms with Gasteiger partial charge in [0.25, 0.3) is 5.91 Å². The van der Waals surface area contributed by atoms with E-state index in [1.165, 1.54) is 30.6 Å². The summed E-state index contributed by atoms with van der Waals surface area (Å²) in [5.41, 5.74) is 7.90. The molecule has 0 atom stereocenters. The SMILES string of the molecule is C=NCc1cccc2c1OCCC2.C=NN(C)Cc1ccc(C(F)(F)F)cc1Cl.CC.CC/C(NC)=C(/C=O)N1CCN(C(=O)/C(NC)=C(\O)C(C)=N)CC1.NC=O. The van der Waals surface area contributed by atoms with Gasteiger partial charge in [-0.15, -0.1) is 0 Å². The monoisotopic (exact) mass is 837 g/mol. The molecule has 0 radical (unpaired) electrons. The highest BCUT2D eigenvalue weighted by molar-refractivity contribution is 6.31. The number of aryl methyl sites for hydroxylation is 1. The number of carbonyl (C=O) groups excluding carboxylic acids is 3. The zero-order chi connectivity index (χ0) is 44.4. The minimum absolute atomic E-state index is 0.0200. The molecule has 18 heteroatoms. The molecule has 2 aliphatic heterocycles. The molecule has 0 saturated carbocycles. The van der Waals surface area contributed by atoms with Crippen LogP contribution in [-0.4, -0.2) is 112 Å². The molecule has 4 rings (SSSR count). The van der Waals surface area contributed by atoms with Gasteiger partial charge in [-0.2, -0.15) is 18.3 Å². The van der Waals surface area contributed by atoms with E-state index >= 15 is 0 Å². The van der Waals surface area contributed by atoms with Crippen molar-refractivity contribution in [1.82, 2.24) is 25.4 Å². The van der Waals surface area contributed by atoms with E-state index in [-0.39, 0.29) is 34.5 Å². The molecule has 14 nitrogen and oxygen atoms in total. The summed E-state index contributed by atoms with van der Waals surface area (Å²) in [6.07, 6.45) is -0.304. The average Bonchev–Trinajstić information content (AvgIpc) is 3.22. The van der Waals surface area contributed by atoms with Crippen LogP contribution < -0.4 is 21.1 Å². The zero-order valence-electron chi connectivity index (χ0n) is 34.5. The second kappa shape index (κ2) is 27.9. The Morgan fingerprint density at radius 3 is 2.16 bits per heavy atom. The predicted octanol–water partition coefficient (Wildman–Crippen LogP) is 5.95. The number of ether oxygens (including phenoxy) is 1. The summed E-state index contributed by atoms with van der Waals surface area (Å²) in [6, 6.07) is 9.49. The highest BCUT2D eigenvalue weighted by Gasteiger charge is 2.31. The molecule has 0 bridgehead atoms. The van der Waals surface area contributed by atoms with Gasteiger partial charge in [0.15, 0.2) is 12.0 Å². The molecule has 2 aromatic carbocycles. The molecule has 6 N–H and O–H groups in total. The lowest BCUT2D eigenvalue weighted by atomic mass is 10.0. The lowest BCUT2D eigenvalue weighted by Gasteiger charge is -2.37. The van der Waals surface area contributed by atoms with Crippen molar-refractivity contribution in [1.29, 1.82) is 5.41 Å². The second-order valence-corrected chi connectivity index (χ2v) is 12.5. The molecule has 2 aromatic rings. The number of benzene rings is 2. The van der Waals surface area contributed by atoms with Crippen molar-refractivity contribution in [3.63, 3.8) is 0 Å². The Bertz CT molecular complexity index is 1710. The van der Waals surface area contributed by atoms with Crippen molar-refractivity contribution in [3.05, 3.63) is 86.5 Å². The first-order valence-corrected chi connectivity index (χ1v) is 18.9. The number of hydrogen-bond acceptors (Lipinski definition) is 12. The van der Waals surface area contributed by atoms with Gasteiger partial charge in [0.2, 0.25) is 6.41 Å². The number of aliphatic hydroxyl groups excluding tert-OH is 1. The number of hydrogen-bond donors (Lipinski definition) is 5. The number of halogens is 4. The number of aliphatic imine (C=N–C) groups is 1. The number of para-hydroxylation sites is 1. The fourth-order valence-corrected chi connectivity index (χ4v) is 5.74. The molecule has 2 aliphatic rings. The van der Waals surface area contributed by atoms with E-state index < -0.39 is 11.7 Å². The van der Waals surface area contributed by atoms with Crippen molar-refractivity contribution in [3.8, 4) is 5.75 Å². The number of fused-ring (bicyclic) bond motifs is 1. The number of nitrogens with one attached hydrogen (secondary N) is 3. The van der Waals surface area contributed by atoms with Gasteiger partial charge in [-0.05, 0) is 56.2 Å². The predicted molar refractivity (Wildman–Crippen MR) is 225 cm³/mol. The summed E-state index contributed by atoms with van der Waals surface area (Å²) in [7, 11) is 4.98. The third kappa shape index (κ3) is 16.9. The topological polar surface area (TPSA) is 189 Å². The summed E-state index contributed by atoms with van der Waals surface area (Å²) in [5, 5.41) is 28.2. The Hall–Kier alpha value is -5.58. The van der Waals surface area contributed by atoms with Gasteiger partial charge in [0, 0.05) is 70.3 Å². The van der Waals surface area contributed by atoms with E-state index in [0.717, 1.165) is 61.3 Å². The number of nitrogens with zero attached hydrogens (tertiary/aromatic N) is 5. The van der Waals surface area contributed by atoms with Crippen LogP contribution in [-0.2, 0) is 40.1 Å². The van der Waals surface area contributed by atoms with Gasteiger partial charge in [-0.1, -0.05) is 56.6 Å². The number of rotatable bonds is 12. The summed E-state index contributed by atoms with van der Waals surface area (Å²) in [4.78, 5) is 39.9. The van der Waals surface area contributed by atoms with Gasteiger partial charge < -0.3 is 41.4 Å². The lowest BCUT2D eigenvalue weighted by Crippen LogP contribution is -2.50. The largest absolute Gasteiger partial charge is 0.504 e. The number of carbonyl (C=O) groups is 3. The molecule has 322 valence electrons. The fraction of sp³-hybridized carbons (Fsp3) is 0.450. The standard InChI is InChI=1S/C16H27N5O3.C11H13NO.C10H10ClF3N2.C2H6.CH3NO/c1-5-12(18-3)13(10-22)20-6-8-21(9-7-20)16(24)14(19-4)15(23)11(2)17;1-12-8-10-5-2-4-9-6-3-7-13-11(9)10;1-15-16(2)6-7-3-4-8(5-9(7)11)10(12,13)14;1-2;2-1-3/h10,17-19,23H,5-9H2,1-4H3;2,4-5H,1,3,6-8H2;3-5H,1,6H2,2H3;1-2H3;1H,(H2,2,3)/b13-12+,15-14+,17-11?;;;;. The van der Waals surface area contributed by atoms with Crippen LogP contribution in [0.1, 0.15) is 62.8 Å².